The summed E-state index contributed by atoms with van der Waals surface area (Å²) in [6.45, 7) is 4.44. The third kappa shape index (κ3) is 3.06. The Morgan fingerprint density at radius 1 is 1.00 bits per heavy atom. The molecule has 1 saturated heterocycles. The van der Waals surface area contributed by atoms with Crippen molar-refractivity contribution in [2.75, 3.05) is 26.3 Å². The Labute approximate surface area is 102 Å². The van der Waals surface area contributed by atoms with E-state index < -0.39 is 0 Å². The van der Waals surface area contributed by atoms with E-state index in [1.54, 1.807) is 6.92 Å². The van der Waals surface area contributed by atoms with Crippen LogP contribution < -0.4 is 0 Å². The monoisotopic (exact) mass is 239 g/mol. The van der Waals surface area contributed by atoms with Crippen molar-refractivity contribution in [2.45, 2.75) is 32.6 Å². The molecule has 0 radical (unpaired) electrons. The number of morpholine rings is 1. The van der Waals surface area contributed by atoms with Gasteiger partial charge in [-0.15, -0.1) is 0 Å². The molecule has 96 valence electrons. The van der Waals surface area contributed by atoms with Crippen LogP contribution in [0.25, 0.3) is 0 Å². The minimum absolute atomic E-state index is 0.142. The number of carbonyl (C=O) groups is 2. The Bertz CT molecular complexity index is 289. The summed E-state index contributed by atoms with van der Waals surface area (Å²) in [7, 11) is 0. The molecule has 0 aromatic heterocycles. The van der Waals surface area contributed by atoms with Crippen LogP contribution >= 0.6 is 0 Å². The maximum atomic E-state index is 12.2. The van der Waals surface area contributed by atoms with Crippen molar-refractivity contribution in [1.82, 2.24) is 4.90 Å². The fourth-order valence-corrected chi connectivity index (χ4v) is 2.79. The summed E-state index contributed by atoms with van der Waals surface area (Å²) in [4.78, 5) is 25.4. The number of ether oxygens (including phenoxy) is 1. The third-order valence-corrected chi connectivity index (χ3v) is 3.97. The second-order valence-electron chi connectivity index (χ2n) is 5.10. The summed E-state index contributed by atoms with van der Waals surface area (Å²) < 4.78 is 5.25. The smallest absolute Gasteiger partial charge is 0.225 e. The zero-order chi connectivity index (χ0) is 12.3. The Kier molecular flexibility index (Phi) is 4.15. The number of nitrogens with zero attached hydrogens (tertiary/aromatic N) is 1. The molecule has 4 nitrogen and oxygen atoms in total. The SMILES string of the molecule is CC(=O)[C@H]1CC[C@H](C(=O)N2CCOCC2)CC1. The van der Waals surface area contributed by atoms with Crippen LogP contribution in [0.1, 0.15) is 32.6 Å². The number of carbonyl (C=O) groups excluding carboxylic acids is 2. The summed E-state index contributed by atoms with van der Waals surface area (Å²) >= 11 is 0. The molecule has 0 bridgehead atoms. The average molecular weight is 239 g/mol. The highest BCUT2D eigenvalue weighted by Gasteiger charge is 2.31. The first-order valence-electron chi connectivity index (χ1n) is 6.55. The van der Waals surface area contributed by atoms with Crippen molar-refractivity contribution in [2.24, 2.45) is 11.8 Å². The summed E-state index contributed by atoms with van der Waals surface area (Å²) in [5, 5.41) is 0. The van der Waals surface area contributed by atoms with Gasteiger partial charge in [0.2, 0.25) is 5.91 Å². The van der Waals surface area contributed by atoms with Gasteiger partial charge in [0.1, 0.15) is 5.78 Å². The van der Waals surface area contributed by atoms with E-state index in [4.69, 9.17) is 4.74 Å². The van der Waals surface area contributed by atoms with Gasteiger partial charge >= 0.3 is 0 Å². The van der Waals surface area contributed by atoms with Gasteiger partial charge in [-0.3, -0.25) is 9.59 Å². The van der Waals surface area contributed by atoms with E-state index in [9.17, 15) is 9.59 Å². The maximum Gasteiger partial charge on any atom is 0.225 e. The second-order valence-corrected chi connectivity index (χ2v) is 5.10. The van der Waals surface area contributed by atoms with Gasteiger partial charge < -0.3 is 9.64 Å². The van der Waals surface area contributed by atoms with Crippen LogP contribution in [0, 0.1) is 11.8 Å². The molecule has 2 fully saturated rings. The molecule has 2 rings (SSSR count). The molecular formula is C13H21NO3. The molecule has 17 heavy (non-hydrogen) atoms. The molecule has 4 heteroatoms. The highest BCUT2D eigenvalue weighted by atomic mass is 16.5. The first-order chi connectivity index (χ1) is 8.18. The van der Waals surface area contributed by atoms with E-state index in [1.165, 1.54) is 0 Å². The van der Waals surface area contributed by atoms with Crippen LogP contribution in [0.5, 0.6) is 0 Å². The predicted octanol–water partition coefficient (Wildman–Crippen LogP) is 1.24. The summed E-state index contributed by atoms with van der Waals surface area (Å²) in [5.74, 6) is 0.894. The van der Waals surface area contributed by atoms with Crippen molar-refractivity contribution >= 4 is 11.7 Å². The zero-order valence-electron chi connectivity index (χ0n) is 10.5. The van der Waals surface area contributed by atoms with E-state index >= 15 is 0 Å². The first kappa shape index (κ1) is 12.6. The van der Waals surface area contributed by atoms with Crippen LogP contribution in [0.2, 0.25) is 0 Å². The molecule has 1 heterocycles. The molecule has 1 aliphatic heterocycles. The van der Waals surface area contributed by atoms with E-state index in [0.29, 0.717) is 13.2 Å². The van der Waals surface area contributed by atoms with Crippen molar-refractivity contribution in [3.63, 3.8) is 0 Å². The van der Waals surface area contributed by atoms with E-state index in [0.717, 1.165) is 38.8 Å². The van der Waals surface area contributed by atoms with Crippen LogP contribution in [0.4, 0.5) is 0 Å². The zero-order valence-corrected chi connectivity index (χ0v) is 10.5. The lowest BCUT2D eigenvalue weighted by atomic mass is 9.80. The summed E-state index contributed by atoms with van der Waals surface area (Å²) in [6, 6.07) is 0. The Morgan fingerprint density at radius 2 is 1.53 bits per heavy atom. The minimum Gasteiger partial charge on any atom is -0.378 e. The number of rotatable bonds is 2. The largest absolute Gasteiger partial charge is 0.378 e. The van der Waals surface area contributed by atoms with Gasteiger partial charge in [-0.1, -0.05) is 0 Å². The van der Waals surface area contributed by atoms with E-state index in [2.05, 4.69) is 0 Å². The highest BCUT2D eigenvalue weighted by molar-refractivity contribution is 5.81. The molecule has 0 aromatic carbocycles. The molecule has 1 amide bonds. The number of ketones is 1. The standard InChI is InChI=1S/C13H21NO3/c1-10(15)11-2-4-12(5-3-11)13(16)14-6-8-17-9-7-14/h11-12H,2-9H2,1H3/t11-,12-. The number of hydrogen-bond acceptors (Lipinski definition) is 3. The van der Waals surface area contributed by atoms with Crippen LogP contribution in [0.3, 0.4) is 0 Å². The summed E-state index contributed by atoms with van der Waals surface area (Å²) in [5.41, 5.74) is 0. The maximum absolute atomic E-state index is 12.2. The molecule has 1 saturated carbocycles. The molecule has 2 aliphatic rings. The van der Waals surface area contributed by atoms with Gasteiger partial charge in [0.15, 0.2) is 0 Å². The number of amides is 1. The van der Waals surface area contributed by atoms with Crippen molar-refractivity contribution in [3.05, 3.63) is 0 Å². The fourth-order valence-electron chi connectivity index (χ4n) is 2.79. The number of Topliss-reactive ketones (excluding diaryl/α,β-unsaturated/α-hetero) is 1. The van der Waals surface area contributed by atoms with E-state index in [-0.39, 0.29) is 23.5 Å². The van der Waals surface area contributed by atoms with Gasteiger partial charge in [-0.2, -0.15) is 0 Å². The predicted molar refractivity (Wildman–Crippen MR) is 63.5 cm³/mol. The van der Waals surface area contributed by atoms with Crippen LogP contribution in [-0.4, -0.2) is 42.9 Å². The van der Waals surface area contributed by atoms with Gasteiger partial charge in [-0.05, 0) is 32.6 Å². The Balaban J connectivity index is 1.83. The number of hydrogen-bond donors (Lipinski definition) is 0. The fraction of sp³-hybridized carbons (Fsp3) is 0.846. The van der Waals surface area contributed by atoms with Crippen molar-refractivity contribution < 1.29 is 14.3 Å². The van der Waals surface area contributed by atoms with Crippen LogP contribution in [-0.2, 0) is 14.3 Å². The van der Waals surface area contributed by atoms with Crippen LogP contribution in [0.15, 0.2) is 0 Å². The van der Waals surface area contributed by atoms with Gasteiger partial charge in [0.25, 0.3) is 0 Å². The quantitative estimate of drug-likeness (QED) is 0.728. The third-order valence-electron chi connectivity index (χ3n) is 3.97. The normalized spacial score (nSPS) is 30.1. The topological polar surface area (TPSA) is 46.6 Å². The highest BCUT2D eigenvalue weighted by Crippen LogP contribution is 2.30. The van der Waals surface area contributed by atoms with Gasteiger partial charge in [0.05, 0.1) is 13.2 Å². The van der Waals surface area contributed by atoms with E-state index in [1.807, 2.05) is 4.90 Å². The first-order valence-corrected chi connectivity index (χ1v) is 6.55. The molecule has 0 spiro atoms. The minimum atomic E-state index is 0.142. The second kappa shape index (κ2) is 5.63. The Morgan fingerprint density at radius 3 is 2.06 bits per heavy atom. The molecule has 0 unspecified atom stereocenters. The molecule has 0 N–H and O–H groups in total. The average Bonchev–Trinajstić information content (AvgIpc) is 2.39. The molecule has 1 aliphatic carbocycles. The molecule has 0 aromatic rings. The summed E-state index contributed by atoms with van der Waals surface area (Å²) in [6.07, 6.45) is 3.52. The van der Waals surface area contributed by atoms with Crippen molar-refractivity contribution in [1.29, 1.82) is 0 Å². The lowest BCUT2D eigenvalue weighted by Gasteiger charge is -2.33. The Hall–Kier alpha value is -0.900. The lowest BCUT2D eigenvalue weighted by Crippen LogP contribution is -2.44. The molecule has 0 atom stereocenters. The van der Waals surface area contributed by atoms with Gasteiger partial charge in [0, 0.05) is 24.9 Å². The molecular weight excluding hydrogens is 218 g/mol. The lowest BCUT2D eigenvalue weighted by molar-refractivity contribution is -0.141. The van der Waals surface area contributed by atoms with Gasteiger partial charge in [-0.25, -0.2) is 0 Å². The van der Waals surface area contributed by atoms with Crippen molar-refractivity contribution in [3.8, 4) is 0 Å².